The number of benzene rings is 2. The van der Waals surface area contributed by atoms with E-state index in [-0.39, 0.29) is 11.9 Å². The van der Waals surface area contributed by atoms with Gasteiger partial charge in [-0.2, -0.15) is 0 Å². The number of likely N-dealkylation sites (tertiary alicyclic amines) is 1. The van der Waals surface area contributed by atoms with Crippen LogP contribution in [0.5, 0.6) is 11.5 Å². The number of rotatable bonds is 10. The van der Waals surface area contributed by atoms with Gasteiger partial charge in [0.25, 0.3) is 0 Å². The third-order valence-electron chi connectivity index (χ3n) is 6.57. The molecular weight excluding hydrogens is 429 g/mol. The second-order valence-corrected chi connectivity index (χ2v) is 8.94. The fourth-order valence-electron chi connectivity index (χ4n) is 4.75. The van der Waals surface area contributed by atoms with Gasteiger partial charge in [0.15, 0.2) is 11.6 Å². The SMILES string of the molecule is COc1cccc(C(c2ccccn2)N(C)CC2CCN(CCOc3ccccc3F)CC2)c1. The number of piperidine rings is 1. The van der Waals surface area contributed by atoms with Gasteiger partial charge in [-0.15, -0.1) is 0 Å². The van der Waals surface area contributed by atoms with Gasteiger partial charge in [-0.05, 0) is 80.9 Å². The van der Waals surface area contributed by atoms with Crippen molar-refractivity contribution in [2.75, 3.05) is 46.9 Å². The lowest BCUT2D eigenvalue weighted by molar-refractivity contribution is 0.126. The van der Waals surface area contributed by atoms with Crippen LogP contribution in [0.1, 0.15) is 30.1 Å². The van der Waals surface area contributed by atoms with Crippen LogP contribution >= 0.6 is 0 Å². The van der Waals surface area contributed by atoms with E-state index in [4.69, 9.17) is 9.47 Å². The highest BCUT2D eigenvalue weighted by Gasteiger charge is 2.26. The summed E-state index contributed by atoms with van der Waals surface area (Å²) >= 11 is 0. The molecule has 1 unspecified atom stereocenters. The van der Waals surface area contributed by atoms with Crippen LogP contribution < -0.4 is 9.47 Å². The highest BCUT2D eigenvalue weighted by Crippen LogP contribution is 2.30. The molecule has 180 valence electrons. The zero-order valence-corrected chi connectivity index (χ0v) is 20.1. The molecule has 5 nitrogen and oxygen atoms in total. The minimum atomic E-state index is -0.303. The molecule has 1 fully saturated rings. The van der Waals surface area contributed by atoms with Gasteiger partial charge in [0.1, 0.15) is 12.4 Å². The van der Waals surface area contributed by atoms with Crippen LogP contribution in [0.3, 0.4) is 0 Å². The molecule has 0 spiro atoms. The maximum absolute atomic E-state index is 13.7. The Morgan fingerprint density at radius 3 is 2.59 bits per heavy atom. The van der Waals surface area contributed by atoms with Crippen molar-refractivity contribution in [2.24, 2.45) is 5.92 Å². The molecule has 1 atom stereocenters. The molecule has 0 saturated carbocycles. The summed E-state index contributed by atoms with van der Waals surface area (Å²) in [6, 6.07) is 21.0. The largest absolute Gasteiger partial charge is 0.497 e. The standard InChI is InChI=1S/C28H34FN3O2/c1-31(28(26-11-5-6-15-30-26)23-8-7-9-24(20-23)33-2)21-22-13-16-32(17-14-22)18-19-34-27-12-4-3-10-25(27)29/h3-12,15,20,22,28H,13-14,16-19,21H2,1-2H3. The zero-order chi connectivity index (χ0) is 23.8. The molecule has 0 aliphatic carbocycles. The van der Waals surface area contributed by atoms with E-state index >= 15 is 0 Å². The van der Waals surface area contributed by atoms with E-state index in [9.17, 15) is 4.39 Å². The molecule has 2 heterocycles. The average Bonchev–Trinajstić information content (AvgIpc) is 2.87. The Morgan fingerprint density at radius 1 is 1.06 bits per heavy atom. The Kier molecular flexibility index (Phi) is 8.50. The van der Waals surface area contributed by atoms with Crippen LogP contribution in [0.2, 0.25) is 0 Å². The summed E-state index contributed by atoms with van der Waals surface area (Å²) in [5.41, 5.74) is 2.23. The van der Waals surface area contributed by atoms with Crippen molar-refractivity contribution in [1.82, 2.24) is 14.8 Å². The second-order valence-electron chi connectivity index (χ2n) is 8.94. The highest BCUT2D eigenvalue weighted by atomic mass is 19.1. The van der Waals surface area contributed by atoms with E-state index < -0.39 is 0 Å². The molecule has 2 aromatic carbocycles. The molecule has 6 heteroatoms. The topological polar surface area (TPSA) is 37.8 Å². The van der Waals surface area contributed by atoms with Gasteiger partial charge in [0.05, 0.1) is 18.8 Å². The van der Waals surface area contributed by atoms with Crippen LogP contribution in [0.4, 0.5) is 4.39 Å². The number of para-hydroxylation sites is 1. The number of hydrogen-bond acceptors (Lipinski definition) is 5. The fourth-order valence-corrected chi connectivity index (χ4v) is 4.75. The van der Waals surface area contributed by atoms with E-state index in [1.807, 2.05) is 30.5 Å². The summed E-state index contributed by atoms with van der Waals surface area (Å²) in [7, 11) is 3.89. The maximum Gasteiger partial charge on any atom is 0.165 e. The molecule has 1 aliphatic heterocycles. The molecule has 1 aromatic heterocycles. The van der Waals surface area contributed by atoms with Crippen LogP contribution in [0.15, 0.2) is 72.9 Å². The van der Waals surface area contributed by atoms with Crippen molar-refractivity contribution in [1.29, 1.82) is 0 Å². The monoisotopic (exact) mass is 463 g/mol. The van der Waals surface area contributed by atoms with Crippen LogP contribution in [-0.2, 0) is 0 Å². The van der Waals surface area contributed by atoms with Crippen LogP contribution in [0.25, 0.3) is 0 Å². The highest BCUT2D eigenvalue weighted by molar-refractivity contribution is 5.34. The Morgan fingerprint density at radius 2 is 1.85 bits per heavy atom. The maximum atomic E-state index is 13.7. The Bertz CT molecular complexity index is 1020. The molecular formula is C28H34FN3O2. The first-order valence-electron chi connectivity index (χ1n) is 12.0. The van der Waals surface area contributed by atoms with Crippen molar-refractivity contribution in [2.45, 2.75) is 18.9 Å². The number of ether oxygens (including phenoxy) is 2. The molecule has 1 saturated heterocycles. The molecule has 0 radical (unpaired) electrons. The molecule has 0 amide bonds. The summed E-state index contributed by atoms with van der Waals surface area (Å²) in [5.74, 6) is 1.50. The predicted molar refractivity (Wildman–Crippen MR) is 133 cm³/mol. The predicted octanol–water partition coefficient (Wildman–Crippen LogP) is 5.04. The smallest absolute Gasteiger partial charge is 0.165 e. The van der Waals surface area contributed by atoms with E-state index in [1.54, 1.807) is 25.3 Å². The molecule has 4 rings (SSSR count). The van der Waals surface area contributed by atoms with Crippen molar-refractivity contribution in [3.63, 3.8) is 0 Å². The second kappa shape index (κ2) is 12.0. The minimum Gasteiger partial charge on any atom is -0.497 e. The quantitative estimate of drug-likeness (QED) is 0.421. The van der Waals surface area contributed by atoms with Gasteiger partial charge in [-0.1, -0.05) is 30.3 Å². The summed E-state index contributed by atoms with van der Waals surface area (Å²) < 4.78 is 24.8. The molecule has 0 bridgehead atoms. The summed E-state index contributed by atoms with van der Waals surface area (Å²) in [6.45, 7) is 4.39. The van der Waals surface area contributed by atoms with Gasteiger partial charge in [0.2, 0.25) is 0 Å². The van der Waals surface area contributed by atoms with Gasteiger partial charge >= 0.3 is 0 Å². The summed E-state index contributed by atoms with van der Waals surface area (Å²) in [4.78, 5) is 9.50. The Hall–Kier alpha value is -2.96. The number of methoxy groups -OCH3 is 1. The van der Waals surface area contributed by atoms with Crippen molar-refractivity contribution in [3.8, 4) is 11.5 Å². The number of pyridine rings is 1. The first-order chi connectivity index (χ1) is 16.6. The fraction of sp³-hybridized carbons (Fsp3) is 0.393. The third-order valence-corrected chi connectivity index (χ3v) is 6.57. The van der Waals surface area contributed by atoms with Gasteiger partial charge in [-0.3, -0.25) is 14.8 Å². The lowest BCUT2D eigenvalue weighted by Crippen LogP contribution is -2.40. The zero-order valence-electron chi connectivity index (χ0n) is 20.1. The molecule has 34 heavy (non-hydrogen) atoms. The van der Waals surface area contributed by atoms with Gasteiger partial charge in [-0.25, -0.2) is 4.39 Å². The number of halogens is 1. The van der Waals surface area contributed by atoms with Crippen molar-refractivity contribution in [3.05, 3.63) is 90.0 Å². The summed E-state index contributed by atoms with van der Waals surface area (Å²) in [5, 5.41) is 0. The minimum absolute atomic E-state index is 0.0727. The normalized spacial score (nSPS) is 15.9. The Labute approximate surface area is 202 Å². The average molecular weight is 464 g/mol. The van der Waals surface area contributed by atoms with Crippen LogP contribution in [0, 0.1) is 11.7 Å². The molecule has 3 aromatic rings. The molecule has 1 aliphatic rings. The first-order valence-corrected chi connectivity index (χ1v) is 12.0. The first kappa shape index (κ1) is 24.2. The van der Waals surface area contributed by atoms with E-state index in [0.717, 1.165) is 50.5 Å². The van der Waals surface area contributed by atoms with Crippen molar-refractivity contribution < 1.29 is 13.9 Å². The van der Waals surface area contributed by atoms with Crippen molar-refractivity contribution >= 4 is 0 Å². The van der Waals surface area contributed by atoms with E-state index in [0.29, 0.717) is 18.3 Å². The number of aromatic nitrogens is 1. The third kappa shape index (κ3) is 6.33. The summed E-state index contributed by atoms with van der Waals surface area (Å²) in [6.07, 6.45) is 4.13. The Balaban J connectivity index is 1.32. The number of nitrogens with zero attached hydrogens (tertiary/aromatic N) is 3. The molecule has 0 N–H and O–H groups in total. The lowest BCUT2D eigenvalue weighted by atomic mass is 9.94. The van der Waals surface area contributed by atoms with Gasteiger partial charge < -0.3 is 9.47 Å². The van der Waals surface area contributed by atoms with Gasteiger partial charge in [0, 0.05) is 19.3 Å². The van der Waals surface area contributed by atoms with E-state index in [2.05, 4.69) is 40.0 Å². The van der Waals surface area contributed by atoms with Crippen LogP contribution in [-0.4, -0.2) is 61.7 Å². The van der Waals surface area contributed by atoms with E-state index in [1.165, 1.54) is 11.6 Å². The number of hydrogen-bond donors (Lipinski definition) is 0. The lowest BCUT2D eigenvalue weighted by Gasteiger charge is -2.36.